The van der Waals surface area contributed by atoms with Gasteiger partial charge in [-0.1, -0.05) is 123 Å². The number of methoxy groups -OCH3 is 1. The molecule has 0 spiro atoms. The summed E-state index contributed by atoms with van der Waals surface area (Å²) in [6.07, 6.45) is -2.23. The normalized spacial score (nSPS) is 12.7. The molecule has 1 amide bonds. The minimum absolute atomic E-state index is 0.00511. The number of carbonyl (C=O) groups is 3. The Bertz CT molecular complexity index is 2090. The van der Waals surface area contributed by atoms with Gasteiger partial charge in [0.15, 0.2) is 0 Å². The molecule has 58 heavy (non-hydrogen) atoms. The molecule has 0 aromatic heterocycles. The van der Waals surface area contributed by atoms with Gasteiger partial charge in [0.25, 0.3) is 0 Å². The van der Waals surface area contributed by atoms with Crippen molar-refractivity contribution in [2.45, 2.75) is 70.1 Å². The van der Waals surface area contributed by atoms with Crippen LogP contribution in [0.25, 0.3) is 11.1 Å². The van der Waals surface area contributed by atoms with Crippen molar-refractivity contribution < 1.29 is 43.2 Å². The molecule has 0 heterocycles. The van der Waals surface area contributed by atoms with E-state index >= 15 is 0 Å². The van der Waals surface area contributed by atoms with E-state index in [0.717, 1.165) is 22.7 Å². The van der Waals surface area contributed by atoms with Gasteiger partial charge >= 0.3 is 18.0 Å². The molecule has 4 N–H and O–H groups in total. The second-order valence-corrected chi connectivity index (χ2v) is 20.7. The van der Waals surface area contributed by atoms with E-state index in [-0.39, 0.29) is 38.4 Å². The van der Waals surface area contributed by atoms with Crippen LogP contribution in [-0.4, -0.2) is 57.0 Å². The predicted molar refractivity (Wildman–Crippen MR) is 225 cm³/mol. The summed E-state index contributed by atoms with van der Waals surface area (Å²) in [7, 11) is -0.334. The molecule has 11 nitrogen and oxygen atoms in total. The van der Waals surface area contributed by atoms with E-state index in [1.54, 1.807) is 18.2 Å². The summed E-state index contributed by atoms with van der Waals surface area (Å²) >= 11 is 0. The fraction of sp³-hybridized carbons (Fsp3) is 0.283. The summed E-state index contributed by atoms with van der Waals surface area (Å²) in [5, 5.41) is 14.1. The first kappa shape index (κ1) is 43.2. The van der Waals surface area contributed by atoms with Gasteiger partial charge in [-0.2, -0.15) is 0 Å². The molecule has 0 unspecified atom stereocenters. The van der Waals surface area contributed by atoms with E-state index in [2.05, 4.69) is 25.0 Å². The third-order valence-corrected chi connectivity index (χ3v) is 11.0. The zero-order valence-electron chi connectivity index (χ0n) is 33.4. The molecule has 5 aromatic carbocycles. The molecule has 3 atom stereocenters. The standard InChI is InChI=1S/C46H52N2O9Si/c1-53-45(51)42(47)43(49)38-27-36(21-23-41(38)56-30-33-16-10-6-11-17-33)35-20-22-40(55-29-32-14-8-5-9-15-32)37(26-35)28-39(44(50)54-24-25-58(2,3)4)48-46(52)57-31-34-18-12-7-13-19-34/h5-23,26-27,39,42-43,49H,24-25,28-31,47H2,1-4H3,(H,48,52)/t39-,42-,43+/m0/s1. The van der Waals surface area contributed by atoms with E-state index in [0.29, 0.717) is 28.2 Å². The van der Waals surface area contributed by atoms with Gasteiger partial charge in [-0.15, -0.1) is 0 Å². The third-order valence-electron chi connectivity index (χ3n) is 9.32. The lowest BCUT2D eigenvalue weighted by atomic mass is 9.94. The summed E-state index contributed by atoms with van der Waals surface area (Å²) in [5.74, 6) is -0.562. The fourth-order valence-electron chi connectivity index (χ4n) is 5.96. The number of rotatable bonds is 19. The monoisotopic (exact) mass is 804 g/mol. The number of ether oxygens (including phenoxy) is 5. The zero-order chi connectivity index (χ0) is 41.5. The maximum Gasteiger partial charge on any atom is 0.408 e. The molecule has 0 saturated carbocycles. The number of nitrogens with one attached hydrogen (secondary N) is 1. The maximum absolute atomic E-state index is 13.7. The van der Waals surface area contributed by atoms with Crippen LogP contribution in [-0.2, 0) is 50.0 Å². The Morgan fingerprint density at radius 2 is 1.19 bits per heavy atom. The Balaban J connectivity index is 1.50. The fourth-order valence-corrected chi connectivity index (χ4v) is 6.67. The number of alkyl carbamates (subject to hydrolysis) is 1. The molecule has 0 aliphatic heterocycles. The van der Waals surface area contributed by atoms with Crippen molar-refractivity contribution in [3.63, 3.8) is 0 Å². The van der Waals surface area contributed by atoms with Crippen LogP contribution in [0.3, 0.4) is 0 Å². The van der Waals surface area contributed by atoms with Crippen LogP contribution in [0.4, 0.5) is 4.79 Å². The van der Waals surface area contributed by atoms with Gasteiger partial charge in [0.2, 0.25) is 0 Å². The largest absolute Gasteiger partial charge is 0.489 e. The zero-order valence-corrected chi connectivity index (χ0v) is 34.4. The second kappa shape index (κ2) is 21.0. The summed E-state index contributed by atoms with van der Waals surface area (Å²) in [6.45, 7) is 7.27. The molecular weight excluding hydrogens is 753 g/mol. The van der Waals surface area contributed by atoms with E-state index in [1.807, 2.05) is 109 Å². The highest BCUT2D eigenvalue weighted by Gasteiger charge is 2.29. The number of esters is 2. The van der Waals surface area contributed by atoms with Crippen molar-refractivity contribution in [3.8, 4) is 22.6 Å². The molecule has 5 rings (SSSR count). The van der Waals surface area contributed by atoms with Crippen molar-refractivity contribution >= 4 is 26.1 Å². The number of hydrogen-bond donors (Lipinski definition) is 3. The van der Waals surface area contributed by atoms with Crippen LogP contribution < -0.4 is 20.5 Å². The minimum atomic E-state index is -1.54. The molecule has 0 aliphatic carbocycles. The van der Waals surface area contributed by atoms with Crippen molar-refractivity contribution in [2.75, 3.05) is 13.7 Å². The van der Waals surface area contributed by atoms with E-state index in [9.17, 15) is 19.5 Å². The first-order valence-corrected chi connectivity index (χ1v) is 22.9. The average molecular weight is 805 g/mol. The van der Waals surface area contributed by atoms with Gasteiger partial charge in [0.1, 0.15) is 49.5 Å². The van der Waals surface area contributed by atoms with Crippen LogP contribution >= 0.6 is 0 Å². The van der Waals surface area contributed by atoms with Crippen LogP contribution in [0.15, 0.2) is 127 Å². The van der Waals surface area contributed by atoms with Gasteiger partial charge < -0.3 is 39.8 Å². The smallest absolute Gasteiger partial charge is 0.408 e. The second-order valence-electron chi connectivity index (χ2n) is 15.1. The summed E-state index contributed by atoms with van der Waals surface area (Å²) in [4.78, 5) is 39.4. The third kappa shape index (κ3) is 13.1. The lowest BCUT2D eigenvalue weighted by molar-refractivity contribution is -0.146. The SMILES string of the molecule is COC(=O)[C@@H](N)[C@H](O)c1cc(-c2ccc(OCc3ccccc3)c(C[C@H](NC(=O)OCc3ccccc3)C(=O)OCC[Si](C)(C)C)c2)ccc1OCc1ccccc1. The lowest BCUT2D eigenvalue weighted by Gasteiger charge is -2.22. The molecule has 12 heteroatoms. The maximum atomic E-state index is 13.7. The van der Waals surface area contributed by atoms with Crippen LogP contribution in [0.2, 0.25) is 25.7 Å². The highest BCUT2D eigenvalue weighted by Crippen LogP contribution is 2.35. The number of nitrogens with two attached hydrogens (primary N) is 1. The summed E-state index contributed by atoms with van der Waals surface area (Å²) < 4.78 is 28.6. The molecule has 0 fully saturated rings. The van der Waals surface area contributed by atoms with Gasteiger partial charge in [-0.3, -0.25) is 4.79 Å². The van der Waals surface area contributed by atoms with Crippen LogP contribution in [0, 0.1) is 0 Å². The van der Waals surface area contributed by atoms with Gasteiger partial charge in [0, 0.05) is 20.1 Å². The Morgan fingerprint density at radius 3 is 1.74 bits per heavy atom. The molecular formula is C46H52N2O9Si. The highest BCUT2D eigenvalue weighted by molar-refractivity contribution is 6.76. The number of amides is 1. The first-order chi connectivity index (χ1) is 27.9. The predicted octanol–water partition coefficient (Wildman–Crippen LogP) is 7.76. The van der Waals surface area contributed by atoms with Crippen molar-refractivity contribution in [3.05, 3.63) is 155 Å². The lowest BCUT2D eigenvalue weighted by Crippen LogP contribution is -2.44. The molecule has 0 aliphatic rings. The van der Waals surface area contributed by atoms with Crippen molar-refractivity contribution in [1.29, 1.82) is 0 Å². The molecule has 0 radical (unpaired) electrons. The Kier molecular flexibility index (Phi) is 15.6. The topological polar surface area (TPSA) is 156 Å². The Labute approximate surface area is 341 Å². The number of aliphatic hydroxyl groups excluding tert-OH is 1. The summed E-state index contributed by atoms with van der Waals surface area (Å²) in [5.41, 5.74) is 11.0. The molecule has 5 aromatic rings. The number of hydrogen-bond acceptors (Lipinski definition) is 10. The van der Waals surface area contributed by atoms with E-state index in [1.165, 1.54) is 7.11 Å². The van der Waals surface area contributed by atoms with Crippen LogP contribution in [0.5, 0.6) is 11.5 Å². The van der Waals surface area contributed by atoms with Crippen LogP contribution in [0.1, 0.15) is 33.9 Å². The first-order valence-electron chi connectivity index (χ1n) is 19.2. The van der Waals surface area contributed by atoms with Gasteiger partial charge in [-0.05, 0) is 63.7 Å². The molecule has 304 valence electrons. The Hall–Kier alpha value is -5.95. The number of benzene rings is 5. The van der Waals surface area contributed by atoms with E-state index in [4.69, 9.17) is 29.4 Å². The van der Waals surface area contributed by atoms with Gasteiger partial charge in [-0.25, -0.2) is 9.59 Å². The van der Waals surface area contributed by atoms with Crippen molar-refractivity contribution in [1.82, 2.24) is 5.32 Å². The Morgan fingerprint density at radius 1 is 0.672 bits per heavy atom. The quantitative estimate of drug-likeness (QED) is 0.0429. The number of carbonyl (C=O) groups excluding carboxylic acids is 3. The minimum Gasteiger partial charge on any atom is -0.489 e. The molecule has 0 bridgehead atoms. The number of aliphatic hydroxyl groups is 1. The van der Waals surface area contributed by atoms with Crippen molar-refractivity contribution in [2.24, 2.45) is 5.73 Å². The average Bonchev–Trinajstić information content (AvgIpc) is 3.24. The molecule has 0 saturated heterocycles. The highest BCUT2D eigenvalue weighted by atomic mass is 28.3. The van der Waals surface area contributed by atoms with Gasteiger partial charge in [0.05, 0.1) is 13.7 Å². The summed E-state index contributed by atoms with van der Waals surface area (Å²) in [6, 6.07) is 37.4. The van der Waals surface area contributed by atoms with E-state index < -0.39 is 44.3 Å².